The molecule has 1 amide bonds. The highest BCUT2D eigenvalue weighted by Crippen LogP contribution is 2.30. The fraction of sp³-hybridized carbons (Fsp3) is 0.150. The molecule has 0 aliphatic heterocycles. The van der Waals surface area contributed by atoms with Crippen LogP contribution in [0.1, 0.15) is 16.1 Å². The van der Waals surface area contributed by atoms with Crippen molar-refractivity contribution < 1.29 is 14.3 Å². The van der Waals surface area contributed by atoms with E-state index in [2.05, 4.69) is 20.6 Å². The van der Waals surface area contributed by atoms with Crippen LogP contribution in [-0.4, -0.2) is 30.1 Å². The summed E-state index contributed by atoms with van der Waals surface area (Å²) < 4.78 is 10.5. The molecule has 0 aliphatic rings. The van der Waals surface area contributed by atoms with Gasteiger partial charge in [0.15, 0.2) is 11.5 Å². The standard InChI is InChI=1S/C20H19ClN4O3/c1-27-17-8-7-14(9-18(17)28-2)25-19-10-16(23-12-24-19)20(26)22-11-13-5-3-4-6-15(13)21/h3-10,12H,11H2,1-2H3,(H,22,26)(H,23,24,25). The van der Waals surface area contributed by atoms with Crippen molar-refractivity contribution in [2.75, 3.05) is 19.5 Å². The van der Waals surface area contributed by atoms with Gasteiger partial charge < -0.3 is 20.1 Å². The lowest BCUT2D eigenvalue weighted by Crippen LogP contribution is -2.24. The van der Waals surface area contributed by atoms with Crippen molar-refractivity contribution in [1.82, 2.24) is 15.3 Å². The van der Waals surface area contributed by atoms with Crippen LogP contribution in [0.25, 0.3) is 0 Å². The number of hydrogen-bond donors (Lipinski definition) is 2. The second kappa shape index (κ2) is 9.05. The van der Waals surface area contributed by atoms with Gasteiger partial charge in [0.25, 0.3) is 5.91 Å². The smallest absolute Gasteiger partial charge is 0.270 e. The summed E-state index contributed by atoms with van der Waals surface area (Å²) in [4.78, 5) is 20.6. The van der Waals surface area contributed by atoms with E-state index in [1.807, 2.05) is 24.3 Å². The van der Waals surface area contributed by atoms with Crippen LogP contribution in [0.2, 0.25) is 5.02 Å². The Morgan fingerprint density at radius 1 is 1.04 bits per heavy atom. The molecular weight excluding hydrogens is 380 g/mol. The number of aromatic nitrogens is 2. The van der Waals surface area contributed by atoms with Crippen molar-refractivity contribution >= 4 is 29.0 Å². The summed E-state index contributed by atoms with van der Waals surface area (Å²) in [6.07, 6.45) is 1.33. The molecule has 0 unspecified atom stereocenters. The predicted molar refractivity (Wildman–Crippen MR) is 107 cm³/mol. The van der Waals surface area contributed by atoms with Crippen molar-refractivity contribution in [1.29, 1.82) is 0 Å². The Bertz CT molecular complexity index is 981. The van der Waals surface area contributed by atoms with Crippen molar-refractivity contribution in [3.05, 3.63) is 71.1 Å². The fourth-order valence-corrected chi connectivity index (χ4v) is 2.72. The molecule has 0 fully saturated rings. The number of carbonyl (C=O) groups is 1. The first-order chi connectivity index (χ1) is 13.6. The molecule has 0 bridgehead atoms. The monoisotopic (exact) mass is 398 g/mol. The predicted octanol–water partition coefficient (Wildman–Crippen LogP) is 3.82. The zero-order valence-electron chi connectivity index (χ0n) is 15.4. The van der Waals surface area contributed by atoms with E-state index in [1.54, 1.807) is 38.5 Å². The van der Waals surface area contributed by atoms with E-state index in [1.165, 1.54) is 6.33 Å². The minimum atomic E-state index is -0.322. The molecule has 2 aromatic carbocycles. The minimum Gasteiger partial charge on any atom is -0.493 e. The molecule has 2 N–H and O–H groups in total. The molecular formula is C20H19ClN4O3. The Balaban J connectivity index is 1.70. The first kappa shape index (κ1) is 19.4. The van der Waals surface area contributed by atoms with Crippen molar-refractivity contribution in [3.8, 4) is 11.5 Å². The summed E-state index contributed by atoms with van der Waals surface area (Å²) in [7, 11) is 3.14. The number of nitrogens with zero attached hydrogens (tertiary/aromatic N) is 2. The highest BCUT2D eigenvalue weighted by Gasteiger charge is 2.11. The average molecular weight is 399 g/mol. The van der Waals surface area contributed by atoms with Crippen LogP contribution in [0.3, 0.4) is 0 Å². The summed E-state index contributed by atoms with van der Waals surface area (Å²) in [5.74, 6) is 1.36. The molecule has 1 aromatic heterocycles. The van der Waals surface area contributed by atoms with E-state index in [0.717, 1.165) is 11.3 Å². The van der Waals surface area contributed by atoms with E-state index in [0.29, 0.717) is 28.9 Å². The van der Waals surface area contributed by atoms with Crippen molar-refractivity contribution in [2.24, 2.45) is 0 Å². The molecule has 0 saturated carbocycles. The third-order valence-corrected chi connectivity index (χ3v) is 4.32. The van der Waals surface area contributed by atoms with E-state index in [4.69, 9.17) is 21.1 Å². The molecule has 0 saturated heterocycles. The Labute approximate surface area is 167 Å². The zero-order chi connectivity index (χ0) is 19.9. The molecule has 8 heteroatoms. The van der Waals surface area contributed by atoms with E-state index in [9.17, 15) is 4.79 Å². The third kappa shape index (κ3) is 4.69. The number of rotatable bonds is 7. The van der Waals surface area contributed by atoms with Gasteiger partial charge in [-0.1, -0.05) is 29.8 Å². The average Bonchev–Trinajstić information content (AvgIpc) is 2.73. The van der Waals surface area contributed by atoms with Crippen LogP contribution in [0, 0.1) is 0 Å². The number of anilines is 2. The molecule has 7 nitrogen and oxygen atoms in total. The molecule has 3 aromatic rings. The molecule has 1 heterocycles. The Morgan fingerprint density at radius 2 is 1.82 bits per heavy atom. The molecule has 3 rings (SSSR count). The van der Waals surface area contributed by atoms with Crippen molar-refractivity contribution in [2.45, 2.75) is 6.54 Å². The number of nitrogens with one attached hydrogen (secondary N) is 2. The number of amides is 1. The second-order valence-electron chi connectivity index (χ2n) is 5.76. The fourth-order valence-electron chi connectivity index (χ4n) is 2.52. The molecule has 0 aliphatic carbocycles. The largest absolute Gasteiger partial charge is 0.493 e. The van der Waals surface area contributed by atoms with Gasteiger partial charge in [-0.15, -0.1) is 0 Å². The van der Waals surface area contributed by atoms with Crippen LogP contribution >= 0.6 is 11.6 Å². The molecule has 144 valence electrons. The lowest BCUT2D eigenvalue weighted by molar-refractivity contribution is 0.0946. The van der Waals surface area contributed by atoms with E-state index < -0.39 is 0 Å². The first-order valence-corrected chi connectivity index (χ1v) is 8.81. The maximum Gasteiger partial charge on any atom is 0.270 e. The van der Waals surface area contributed by atoms with E-state index >= 15 is 0 Å². The summed E-state index contributed by atoms with van der Waals surface area (Å²) in [5.41, 5.74) is 1.80. The molecule has 0 radical (unpaired) electrons. The summed E-state index contributed by atoms with van der Waals surface area (Å²) >= 11 is 6.11. The third-order valence-electron chi connectivity index (χ3n) is 3.95. The lowest BCUT2D eigenvalue weighted by atomic mass is 10.2. The first-order valence-electron chi connectivity index (χ1n) is 8.43. The van der Waals surface area contributed by atoms with Crippen LogP contribution in [0.5, 0.6) is 11.5 Å². The van der Waals surface area contributed by atoms with Gasteiger partial charge in [-0.2, -0.15) is 0 Å². The highest BCUT2D eigenvalue weighted by atomic mass is 35.5. The van der Waals surface area contributed by atoms with Crippen LogP contribution < -0.4 is 20.1 Å². The number of ether oxygens (including phenoxy) is 2. The van der Waals surface area contributed by atoms with Gasteiger partial charge in [0.05, 0.1) is 14.2 Å². The maximum absolute atomic E-state index is 12.4. The number of benzene rings is 2. The Kier molecular flexibility index (Phi) is 6.29. The Hall–Kier alpha value is -3.32. The minimum absolute atomic E-state index is 0.241. The number of carbonyl (C=O) groups excluding carboxylic acids is 1. The van der Waals surface area contributed by atoms with Gasteiger partial charge in [0.1, 0.15) is 17.8 Å². The van der Waals surface area contributed by atoms with Crippen LogP contribution in [-0.2, 0) is 6.54 Å². The SMILES string of the molecule is COc1ccc(Nc2cc(C(=O)NCc3ccccc3Cl)ncn2)cc1OC. The van der Waals surface area contributed by atoms with Crippen LogP contribution in [0.15, 0.2) is 54.9 Å². The molecule has 0 atom stereocenters. The van der Waals surface area contributed by atoms with E-state index in [-0.39, 0.29) is 11.6 Å². The normalized spacial score (nSPS) is 10.2. The second-order valence-corrected chi connectivity index (χ2v) is 6.16. The number of methoxy groups -OCH3 is 2. The zero-order valence-corrected chi connectivity index (χ0v) is 16.2. The van der Waals surface area contributed by atoms with Gasteiger partial charge in [0, 0.05) is 29.4 Å². The van der Waals surface area contributed by atoms with Crippen LogP contribution in [0.4, 0.5) is 11.5 Å². The quantitative estimate of drug-likeness (QED) is 0.629. The lowest BCUT2D eigenvalue weighted by Gasteiger charge is -2.11. The molecule has 0 spiro atoms. The van der Waals surface area contributed by atoms with Gasteiger partial charge in [-0.25, -0.2) is 9.97 Å². The van der Waals surface area contributed by atoms with Gasteiger partial charge >= 0.3 is 0 Å². The number of hydrogen-bond acceptors (Lipinski definition) is 6. The summed E-state index contributed by atoms with van der Waals surface area (Å²) in [5, 5.41) is 6.52. The molecule has 28 heavy (non-hydrogen) atoms. The van der Waals surface area contributed by atoms with Crippen molar-refractivity contribution in [3.63, 3.8) is 0 Å². The number of halogens is 1. The van der Waals surface area contributed by atoms with Gasteiger partial charge in [-0.05, 0) is 23.8 Å². The topological polar surface area (TPSA) is 85.4 Å². The summed E-state index contributed by atoms with van der Waals surface area (Å²) in [6.45, 7) is 0.306. The highest BCUT2D eigenvalue weighted by molar-refractivity contribution is 6.31. The Morgan fingerprint density at radius 3 is 2.57 bits per heavy atom. The maximum atomic E-state index is 12.4. The van der Waals surface area contributed by atoms with Gasteiger partial charge in [-0.3, -0.25) is 4.79 Å². The summed E-state index contributed by atoms with van der Waals surface area (Å²) in [6, 6.07) is 14.3. The van der Waals surface area contributed by atoms with Gasteiger partial charge in [0.2, 0.25) is 0 Å².